The molecule has 3 rings (SSSR count). The summed E-state index contributed by atoms with van der Waals surface area (Å²) in [5.41, 5.74) is 0.749. The highest BCUT2D eigenvalue weighted by atomic mass is 35.5. The summed E-state index contributed by atoms with van der Waals surface area (Å²) in [6, 6.07) is 4.94. The lowest BCUT2D eigenvalue weighted by Crippen LogP contribution is -2.25. The van der Waals surface area contributed by atoms with Gasteiger partial charge in [0.2, 0.25) is 0 Å². The monoisotopic (exact) mass is 390 g/mol. The molecule has 1 amide bonds. The van der Waals surface area contributed by atoms with E-state index in [4.69, 9.17) is 21.1 Å². The lowest BCUT2D eigenvalue weighted by molar-refractivity contribution is 0.102. The van der Waals surface area contributed by atoms with Crippen molar-refractivity contribution in [3.8, 4) is 11.5 Å². The Kier molecular flexibility index (Phi) is 6.34. The lowest BCUT2D eigenvalue weighted by atomic mass is 10.2. The van der Waals surface area contributed by atoms with Crippen molar-refractivity contribution in [2.75, 3.05) is 37.5 Å². The van der Waals surface area contributed by atoms with Crippen LogP contribution in [0.15, 0.2) is 24.5 Å². The van der Waals surface area contributed by atoms with E-state index in [2.05, 4.69) is 20.2 Å². The van der Waals surface area contributed by atoms with E-state index in [1.165, 1.54) is 33.4 Å². The molecule has 1 fully saturated rings. The number of amides is 1. The Morgan fingerprint density at radius 2 is 1.74 bits per heavy atom. The summed E-state index contributed by atoms with van der Waals surface area (Å²) in [5.74, 6) is 1.31. The van der Waals surface area contributed by atoms with Crippen molar-refractivity contribution in [2.45, 2.75) is 25.7 Å². The number of methoxy groups -OCH3 is 2. The molecule has 144 valence electrons. The van der Waals surface area contributed by atoms with Crippen molar-refractivity contribution >= 4 is 29.0 Å². The number of hydrogen-bond acceptors (Lipinski definition) is 6. The SMILES string of the molecule is COc1cc(NC(=O)c2cc(N3CCCCCC3)ncn2)c(OC)cc1Cl. The maximum Gasteiger partial charge on any atom is 0.274 e. The van der Waals surface area contributed by atoms with Gasteiger partial charge in [0.05, 0.1) is 24.9 Å². The average Bonchev–Trinajstić information content (AvgIpc) is 2.98. The van der Waals surface area contributed by atoms with E-state index in [1.54, 1.807) is 18.2 Å². The zero-order chi connectivity index (χ0) is 19.2. The van der Waals surface area contributed by atoms with Crippen molar-refractivity contribution in [3.05, 3.63) is 35.2 Å². The third kappa shape index (κ3) is 4.60. The summed E-state index contributed by atoms with van der Waals surface area (Å²) in [4.78, 5) is 23.4. The minimum atomic E-state index is -0.351. The molecule has 0 radical (unpaired) electrons. The second kappa shape index (κ2) is 8.90. The van der Waals surface area contributed by atoms with Crippen LogP contribution in [0.5, 0.6) is 11.5 Å². The fourth-order valence-electron chi connectivity index (χ4n) is 3.09. The fourth-order valence-corrected chi connectivity index (χ4v) is 3.32. The van der Waals surface area contributed by atoms with Crippen LogP contribution in [-0.4, -0.2) is 43.2 Å². The van der Waals surface area contributed by atoms with E-state index in [-0.39, 0.29) is 5.91 Å². The lowest BCUT2D eigenvalue weighted by Gasteiger charge is -2.21. The number of hydrogen-bond donors (Lipinski definition) is 1. The molecular weight excluding hydrogens is 368 g/mol. The van der Waals surface area contributed by atoms with Gasteiger partial charge in [-0.1, -0.05) is 24.4 Å². The van der Waals surface area contributed by atoms with E-state index >= 15 is 0 Å². The molecule has 1 aliphatic heterocycles. The first-order chi connectivity index (χ1) is 13.1. The van der Waals surface area contributed by atoms with Crippen LogP contribution in [0.4, 0.5) is 11.5 Å². The number of halogens is 1. The molecule has 1 saturated heterocycles. The summed E-state index contributed by atoms with van der Waals surface area (Å²) in [6.45, 7) is 1.89. The first-order valence-electron chi connectivity index (χ1n) is 8.92. The predicted molar refractivity (Wildman–Crippen MR) is 105 cm³/mol. The number of aromatic nitrogens is 2. The predicted octanol–water partition coefficient (Wildman–Crippen LogP) is 3.78. The Hall–Kier alpha value is -2.54. The molecule has 1 aliphatic rings. The molecule has 1 N–H and O–H groups in total. The summed E-state index contributed by atoms with van der Waals surface area (Å²) >= 11 is 6.11. The molecule has 7 nitrogen and oxygen atoms in total. The van der Waals surface area contributed by atoms with E-state index < -0.39 is 0 Å². The topological polar surface area (TPSA) is 76.6 Å². The van der Waals surface area contributed by atoms with Gasteiger partial charge in [-0.3, -0.25) is 4.79 Å². The Morgan fingerprint density at radius 3 is 2.41 bits per heavy atom. The van der Waals surface area contributed by atoms with Gasteiger partial charge in [0.15, 0.2) is 0 Å². The van der Waals surface area contributed by atoms with E-state index in [1.807, 2.05) is 0 Å². The molecule has 8 heteroatoms. The second-order valence-electron chi connectivity index (χ2n) is 6.30. The van der Waals surface area contributed by atoms with Crippen molar-refractivity contribution in [3.63, 3.8) is 0 Å². The van der Waals surface area contributed by atoms with Gasteiger partial charge in [0.25, 0.3) is 5.91 Å². The fraction of sp³-hybridized carbons (Fsp3) is 0.421. The van der Waals surface area contributed by atoms with E-state index in [9.17, 15) is 4.79 Å². The molecule has 0 spiro atoms. The van der Waals surface area contributed by atoms with Gasteiger partial charge in [-0.25, -0.2) is 9.97 Å². The largest absolute Gasteiger partial charge is 0.495 e. The Labute approximate surface area is 163 Å². The number of rotatable bonds is 5. The molecule has 0 saturated carbocycles. The number of nitrogens with one attached hydrogen (secondary N) is 1. The van der Waals surface area contributed by atoms with Gasteiger partial charge in [-0.15, -0.1) is 0 Å². The minimum absolute atomic E-state index is 0.292. The van der Waals surface area contributed by atoms with E-state index in [0.29, 0.717) is 27.9 Å². The smallest absolute Gasteiger partial charge is 0.274 e. The van der Waals surface area contributed by atoms with Crippen molar-refractivity contribution in [1.29, 1.82) is 0 Å². The second-order valence-corrected chi connectivity index (χ2v) is 6.71. The molecule has 0 unspecified atom stereocenters. The number of carbonyl (C=O) groups is 1. The standard InChI is InChI=1S/C19H23ClN4O3/c1-26-16-10-14(17(27-2)9-13(16)20)23-19(25)15-11-18(22-12-21-15)24-7-5-3-4-6-8-24/h9-12H,3-8H2,1-2H3,(H,23,25). The maximum atomic E-state index is 12.7. The Bertz CT molecular complexity index is 808. The number of carbonyl (C=O) groups excluding carboxylic acids is 1. The molecule has 27 heavy (non-hydrogen) atoms. The highest BCUT2D eigenvalue weighted by molar-refractivity contribution is 6.32. The molecule has 0 atom stereocenters. The van der Waals surface area contributed by atoms with Gasteiger partial charge in [-0.2, -0.15) is 0 Å². The molecule has 2 heterocycles. The van der Waals surface area contributed by atoms with Crippen LogP contribution in [0, 0.1) is 0 Å². The molecule has 0 bridgehead atoms. The van der Waals surface area contributed by atoms with E-state index in [0.717, 1.165) is 31.7 Å². The molecular formula is C19H23ClN4O3. The van der Waals surface area contributed by atoms with Crippen molar-refractivity contribution in [2.24, 2.45) is 0 Å². The molecule has 1 aromatic heterocycles. The minimum Gasteiger partial charge on any atom is -0.495 e. The molecule has 1 aromatic carbocycles. The third-order valence-electron chi connectivity index (χ3n) is 4.54. The van der Waals surface area contributed by atoms with Crippen molar-refractivity contribution in [1.82, 2.24) is 9.97 Å². The van der Waals surface area contributed by atoms with Crippen LogP contribution >= 0.6 is 11.6 Å². The van der Waals surface area contributed by atoms with Crippen LogP contribution in [0.2, 0.25) is 5.02 Å². The highest BCUT2D eigenvalue weighted by Crippen LogP contribution is 2.36. The van der Waals surface area contributed by atoms with Crippen LogP contribution in [-0.2, 0) is 0 Å². The zero-order valence-corrected chi connectivity index (χ0v) is 16.3. The van der Waals surface area contributed by atoms with Gasteiger partial charge in [-0.05, 0) is 12.8 Å². The Morgan fingerprint density at radius 1 is 1.04 bits per heavy atom. The van der Waals surface area contributed by atoms with Gasteiger partial charge in [0, 0.05) is 31.3 Å². The molecule has 0 aliphatic carbocycles. The Balaban J connectivity index is 1.81. The number of ether oxygens (including phenoxy) is 2. The first kappa shape index (κ1) is 19.2. The van der Waals surface area contributed by atoms with Gasteiger partial charge < -0.3 is 19.7 Å². The van der Waals surface area contributed by atoms with Gasteiger partial charge in [0.1, 0.15) is 29.3 Å². The maximum absolute atomic E-state index is 12.7. The zero-order valence-electron chi connectivity index (χ0n) is 15.5. The van der Waals surface area contributed by atoms with Crippen LogP contribution in [0.3, 0.4) is 0 Å². The number of anilines is 2. The van der Waals surface area contributed by atoms with Crippen molar-refractivity contribution < 1.29 is 14.3 Å². The summed E-state index contributed by atoms with van der Waals surface area (Å²) in [7, 11) is 3.02. The van der Waals surface area contributed by atoms with Crippen LogP contribution < -0.4 is 19.7 Å². The average molecular weight is 391 g/mol. The summed E-state index contributed by atoms with van der Waals surface area (Å²) in [5, 5.41) is 3.21. The van der Waals surface area contributed by atoms with Crippen LogP contribution in [0.25, 0.3) is 0 Å². The quantitative estimate of drug-likeness (QED) is 0.837. The number of nitrogens with zero attached hydrogens (tertiary/aromatic N) is 3. The normalized spacial score (nSPS) is 14.4. The van der Waals surface area contributed by atoms with Crippen LogP contribution in [0.1, 0.15) is 36.2 Å². The summed E-state index contributed by atoms with van der Waals surface area (Å²) < 4.78 is 10.5. The first-order valence-corrected chi connectivity index (χ1v) is 9.30. The van der Waals surface area contributed by atoms with Gasteiger partial charge >= 0.3 is 0 Å². The number of benzene rings is 1. The third-order valence-corrected chi connectivity index (χ3v) is 4.83. The molecule has 2 aromatic rings. The highest BCUT2D eigenvalue weighted by Gasteiger charge is 2.17. The summed E-state index contributed by atoms with van der Waals surface area (Å²) in [6.07, 6.45) is 6.15.